The summed E-state index contributed by atoms with van der Waals surface area (Å²) in [5.74, 6) is 0.170. The van der Waals surface area contributed by atoms with Crippen LogP contribution >= 0.6 is 11.3 Å². The van der Waals surface area contributed by atoms with Crippen LogP contribution in [0.2, 0.25) is 0 Å². The van der Waals surface area contributed by atoms with Gasteiger partial charge in [-0.15, -0.1) is 11.3 Å². The van der Waals surface area contributed by atoms with Crippen molar-refractivity contribution in [2.75, 3.05) is 19.7 Å². The average Bonchev–Trinajstić information content (AvgIpc) is 3.25. The van der Waals surface area contributed by atoms with E-state index in [0.717, 1.165) is 50.3 Å². The summed E-state index contributed by atoms with van der Waals surface area (Å²) in [4.78, 5) is 27.8. The lowest BCUT2D eigenvalue weighted by Crippen LogP contribution is -2.48. The normalized spacial score (nSPS) is 18.3. The van der Waals surface area contributed by atoms with Crippen molar-refractivity contribution in [3.8, 4) is 0 Å². The third-order valence-corrected chi connectivity index (χ3v) is 7.25. The van der Waals surface area contributed by atoms with Crippen LogP contribution in [0.5, 0.6) is 0 Å². The minimum Gasteiger partial charge on any atom is -0.369 e. The molecule has 6 nitrogen and oxygen atoms in total. The summed E-state index contributed by atoms with van der Waals surface area (Å²) in [6.45, 7) is 8.03. The van der Waals surface area contributed by atoms with Crippen LogP contribution in [0.25, 0.3) is 0 Å². The highest BCUT2D eigenvalue weighted by Crippen LogP contribution is 2.44. The molecule has 4 heterocycles. The molecule has 0 unspecified atom stereocenters. The summed E-state index contributed by atoms with van der Waals surface area (Å²) >= 11 is 1.79. The molecule has 0 saturated carbocycles. The molecule has 1 amide bonds. The summed E-state index contributed by atoms with van der Waals surface area (Å²) in [5, 5.41) is 6.60. The topological polar surface area (TPSA) is 64.4 Å². The zero-order chi connectivity index (χ0) is 19.9. The van der Waals surface area contributed by atoms with E-state index >= 15 is 0 Å². The Bertz CT molecular complexity index is 906. The van der Waals surface area contributed by atoms with Crippen molar-refractivity contribution in [3.63, 3.8) is 0 Å². The number of hydrogen-bond acceptors (Lipinski definition) is 5. The number of ether oxygens (including phenoxy) is 1. The predicted molar refractivity (Wildman–Crippen MR) is 108 cm³/mol. The third kappa shape index (κ3) is 3.31. The van der Waals surface area contributed by atoms with Crippen molar-refractivity contribution in [1.82, 2.24) is 14.7 Å². The first kappa shape index (κ1) is 19.3. The van der Waals surface area contributed by atoms with Crippen LogP contribution in [0.1, 0.15) is 58.4 Å². The third-order valence-electron chi connectivity index (χ3n) is 6.11. The molecule has 2 aromatic heterocycles. The number of thiophene rings is 1. The molecule has 150 valence electrons. The highest BCUT2D eigenvalue weighted by Gasteiger charge is 2.42. The Labute approximate surface area is 169 Å². The fraction of sp³-hybridized carbons (Fsp3) is 0.571. The number of nitrogens with zero attached hydrogens (tertiary/aromatic N) is 3. The number of piperidine rings is 1. The van der Waals surface area contributed by atoms with Gasteiger partial charge in [-0.25, -0.2) is 0 Å². The second-order valence-corrected chi connectivity index (χ2v) is 8.74. The van der Waals surface area contributed by atoms with Gasteiger partial charge in [-0.3, -0.25) is 14.3 Å². The summed E-state index contributed by atoms with van der Waals surface area (Å²) in [6.07, 6.45) is 3.12. The van der Waals surface area contributed by atoms with Crippen LogP contribution < -0.4 is 0 Å². The Morgan fingerprint density at radius 2 is 2.04 bits per heavy atom. The van der Waals surface area contributed by atoms with Gasteiger partial charge in [0.15, 0.2) is 5.78 Å². The Morgan fingerprint density at radius 3 is 2.71 bits per heavy atom. The Hall–Kier alpha value is -1.99. The molecule has 0 aliphatic carbocycles. The van der Waals surface area contributed by atoms with Crippen LogP contribution in [0.15, 0.2) is 11.4 Å². The molecule has 0 bridgehead atoms. The molecule has 2 aliphatic heterocycles. The van der Waals surface area contributed by atoms with Crippen molar-refractivity contribution in [3.05, 3.63) is 38.8 Å². The lowest BCUT2D eigenvalue weighted by molar-refractivity contribution is -0.140. The molecule has 7 heteroatoms. The number of aromatic nitrogens is 2. The van der Waals surface area contributed by atoms with Crippen LogP contribution in [0.4, 0.5) is 0 Å². The molecule has 2 aromatic rings. The Balaban J connectivity index is 1.37. The summed E-state index contributed by atoms with van der Waals surface area (Å²) < 4.78 is 8.02. The van der Waals surface area contributed by atoms with E-state index in [4.69, 9.17) is 4.74 Å². The van der Waals surface area contributed by atoms with Crippen LogP contribution in [-0.2, 0) is 28.1 Å². The van der Waals surface area contributed by atoms with E-state index in [1.807, 2.05) is 18.7 Å². The van der Waals surface area contributed by atoms with Crippen molar-refractivity contribution in [2.24, 2.45) is 0 Å². The Kier molecular flexibility index (Phi) is 5.14. The first-order chi connectivity index (χ1) is 13.4. The molecule has 2 aliphatic rings. The molecule has 0 atom stereocenters. The van der Waals surface area contributed by atoms with E-state index < -0.39 is 0 Å². The summed E-state index contributed by atoms with van der Waals surface area (Å²) in [6, 6.07) is 2.21. The summed E-state index contributed by atoms with van der Waals surface area (Å²) in [5.41, 5.74) is 3.48. The number of fused-ring (bicyclic) bond motifs is 2. The van der Waals surface area contributed by atoms with Crippen molar-refractivity contribution in [1.29, 1.82) is 0 Å². The van der Waals surface area contributed by atoms with E-state index in [1.54, 1.807) is 22.9 Å². The molecule has 0 N–H and O–H groups in total. The van der Waals surface area contributed by atoms with Gasteiger partial charge in [-0.2, -0.15) is 5.10 Å². The second kappa shape index (κ2) is 7.44. The van der Waals surface area contributed by atoms with E-state index in [9.17, 15) is 9.59 Å². The maximum absolute atomic E-state index is 12.8. The number of carbonyl (C=O) groups excluding carboxylic acids is 2. The van der Waals surface area contributed by atoms with Crippen LogP contribution in [0.3, 0.4) is 0 Å². The number of rotatable bonds is 4. The zero-order valence-corrected chi connectivity index (χ0v) is 17.6. The van der Waals surface area contributed by atoms with Gasteiger partial charge in [0, 0.05) is 36.6 Å². The number of carbonyl (C=O) groups is 2. The van der Waals surface area contributed by atoms with Gasteiger partial charge in [0.2, 0.25) is 5.91 Å². The molecule has 1 spiro atoms. The molecular weight excluding hydrogens is 374 g/mol. The first-order valence-electron chi connectivity index (χ1n) is 9.95. The van der Waals surface area contributed by atoms with Gasteiger partial charge in [0.05, 0.1) is 17.9 Å². The second-order valence-electron chi connectivity index (χ2n) is 7.82. The van der Waals surface area contributed by atoms with Crippen molar-refractivity contribution in [2.45, 2.75) is 58.6 Å². The number of aryl methyl sites for hydroxylation is 2. The zero-order valence-electron chi connectivity index (χ0n) is 16.8. The van der Waals surface area contributed by atoms with Gasteiger partial charge in [-0.05, 0) is 57.0 Å². The van der Waals surface area contributed by atoms with E-state index in [0.29, 0.717) is 18.5 Å². The number of hydrogen-bond donors (Lipinski definition) is 0. The highest BCUT2D eigenvalue weighted by atomic mass is 32.1. The lowest BCUT2D eigenvalue weighted by Gasteiger charge is -2.43. The predicted octanol–water partition coefficient (Wildman–Crippen LogP) is 3.24. The number of ketones is 1. The maximum atomic E-state index is 12.8. The highest BCUT2D eigenvalue weighted by molar-refractivity contribution is 7.10. The largest absolute Gasteiger partial charge is 0.369 e. The van der Waals surface area contributed by atoms with Gasteiger partial charge in [-0.1, -0.05) is 0 Å². The summed E-state index contributed by atoms with van der Waals surface area (Å²) in [7, 11) is 0. The Morgan fingerprint density at radius 1 is 1.29 bits per heavy atom. The molecule has 1 fully saturated rings. The fourth-order valence-corrected chi connectivity index (χ4v) is 5.79. The fourth-order valence-electron chi connectivity index (χ4n) is 4.63. The molecular formula is C21H27N3O3S. The smallest absolute Gasteiger partial charge is 0.224 e. The van der Waals surface area contributed by atoms with Gasteiger partial charge in [0.25, 0.3) is 0 Å². The molecule has 4 rings (SSSR count). The minimum absolute atomic E-state index is 0.0225. The monoisotopic (exact) mass is 401 g/mol. The number of likely N-dealkylation sites (tertiary alicyclic amines) is 1. The molecule has 1 saturated heterocycles. The van der Waals surface area contributed by atoms with Gasteiger partial charge < -0.3 is 9.64 Å². The number of amides is 1. The minimum atomic E-state index is -0.190. The van der Waals surface area contributed by atoms with Gasteiger partial charge >= 0.3 is 0 Å². The standard InChI is InChI=1S/C21H27N3O3S/c1-14-19(16(3)25)15(2)24(22-14)9-4-18(26)23-10-7-21(8-11-23)20-17(5-12-27-21)6-13-28-20/h6,13H,4-5,7-12H2,1-3H3. The molecule has 0 aromatic carbocycles. The first-order valence-corrected chi connectivity index (χ1v) is 10.8. The average molecular weight is 402 g/mol. The van der Waals surface area contributed by atoms with Crippen LogP contribution in [-0.4, -0.2) is 46.1 Å². The maximum Gasteiger partial charge on any atom is 0.224 e. The van der Waals surface area contributed by atoms with E-state index in [-0.39, 0.29) is 17.3 Å². The SMILES string of the molecule is CC(=O)c1c(C)nn(CCC(=O)N2CCC3(CC2)OCCc2ccsc23)c1C. The molecule has 0 radical (unpaired) electrons. The number of Topliss-reactive ketones (excluding diaryl/α,β-unsaturated/α-hetero) is 1. The lowest BCUT2D eigenvalue weighted by atomic mass is 9.85. The van der Waals surface area contributed by atoms with E-state index in [1.165, 1.54) is 10.4 Å². The quantitative estimate of drug-likeness (QED) is 0.738. The van der Waals surface area contributed by atoms with Crippen molar-refractivity contribution < 1.29 is 14.3 Å². The van der Waals surface area contributed by atoms with E-state index in [2.05, 4.69) is 16.5 Å². The van der Waals surface area contributed by atoms with Crippen molar-refractivity contribution >= 4 is 23.0 Å². The van der Waals surface area contributed by atoms with Gasteiger partial charge in [0.1, 0.15) is 5.60 Å². The molecule has 28 heavy (non-hydrogen) atoms. The van der Waals surface area contributed by atoms with Crippen LogP contribution in [0, 0.1) is 13.8 Å².